The van der Waals surface area contributed by atoms with Crippen molar-refractivity contribution in [3.63, 3.8) is 0 Å². The third-order valence-electron chi connectivity index (χ3n) is 7.95. The van der Waals surface area contributed by atoms with Crippen LogP contribution in [0, 0.1) is 0 Å². The summed E-state index contributed by atoms with van der Waals surface area (Å²) in [6.07, 6.45) is -9.85. The lowest BCUT2D eigenvalue weighted by molar-refractivity contribution is -0.289. The molecule has 0 radical (unpaired) electrons. The molecule has 0 spiro atoms. The highest BCUT2D eigenvalue weighted by atomic mass is 16.7. The number of aliphatic hydroxyl groups excluding tert-OH is 5. The Morgan fingerprint density at radius 1 is 0.956 bits per heavy atom. The summed E-state index contributed by atoms with van der Waals surface area (Å²) < 4.78 is 49.9. The first kappa shape index (κ1) is 31.3. The summed E-state index contributed by atoms with van der Waals surface area (Å²) in [6, 6.07) is 6.32. The van der Waals surface area contributed by atoms with Crippen LogP contribution >= 0.6 is 0 Å². The van der Waals surface area contributed by atoms with E-state index < -0.39 is 74.0 Å². The van der Waals surface area contributed by atoms with Gasteiger partial charge in [-0.25, -0.2) is 0 Å². The van der Waals surface area contributed by atoms with Gasteiger partial charge in [-0.05, 0) is 17.7 Å². The van der Waals surface area contributed by atoms with Crippen LogP contribution in [0.4, 0.5) is 0 Å². The number of aliphatic hydroxyl groups is 6. The van der Waals surface area contributed by atoms with E-state index in [4.69, 9.17) is 42.3 Å². The van der Waals surface area contributed by atoms with Gasteiger partial charge in [-0.15, -0.1) is 0 Å². The molecule has 0 bridgehead atoms. The maximum atomic E-state index is 13.7. The summed E-state index contributed by atoms with van der Waals surface area (Å²) in [6.45, 7) is -1.61. The fraction of sp³-hybridized carbons (Fsp3) is 0.483. The van der Waals surface area contributed by atoms with Gasteiger partial charge in [-0.2, -0.15) is 0 Å². The zero-order valence-corrected chi connectivity index (χ0v) is 24.0. The Kier molecular flexibility index (Phi) is 8.51. The van der Waals surface area contributed by atoms with Crippen molar-refractivity contribution in [3.8, 4) is 39.9 Å². The fourth-order valence-electron chi connectivity index (χ4n) is 5.35. The average Bonchev–Trinajstić information content (AvgIpc) is 3.63. The van der Waals surface area contributed by atoms with Crippen LogP contribution in [0.5, 0.6) is 28.7 Å². The SMILES string of the molecule is COc1c(O[C@@H]2O[C@@H](CO[C@@H]3OC[C@@](O)(CO)[C@H]3O)[C@@H](O)[C@@H](O)[C@H]2O)cc2occ(-c3ccc4c(c3)OCO4)c(=O)c2c1OC. The quantitative estimate of drug-likeness (QED) is 0.163. The molecule has 16 heteroatoms. The molecule has 45 heavy (non-hydrogen) atoms. The van der Waals surface area contributed by atoms with Crippen molar-refractivity contribution in [1.29, 1.82) is 0 Å². The van der Waals surface area contributed by atoms with Gasteiger partial charge in [-0.3, -0.25) is 4.79 Å². The van der Waals surface area contributed by atoms with Crippen molar-refractivity contribution in [2.45, 2.75) is 48.7 Å². The van der Waals surface area contributed by atoms with Gasteiger partial charge in [-0.1, -0.05) is 6.07 Å². The fourth-order valence-corrected chi connectivity index (χ4v) is 5.35. The van der Waals surface area contributed by atoms with Crippen LogP contribution < -0.4 is 29.1 Å². The molecule has 3 aliphatic rings. The van der Waals surface area contributed by atoms with Crippen molar-refractivity contribution in [3.05, 3.63) is 40.8 Å². The highest BCUT2D eigenvalue weighted by Crippen LogP contribution is 2.44. The maximum absolute atomic E-state index is 13.7. The Labute approximate surface area is 254 Å². The first-order valence-electron chi connectivity index (χ1n) is 13.8. The van der Waals surface area contributed by atoms with E-state index in [0.29, 0.717) is 17.1 Å². The Bertz CT molecular complexity index is 1610. The molecule has 6 rings (SSSR count). The number of rotatable bonds is 9. The third kappa shape index (κ3) is 5.43. The molecular formula is C29H32O16. The van der Waals surface area contributed by atoms with E-state index in [-0.39, 0.29) is 40.6 Å². The van der Waals surface area contributed by atoms with Crippen molar-refractivity contribution in [1.82, 2.24) is 0 Å². The smallest absolute Gasteiger partial charge is 0.231 e. The minimum Gasteiger partial charge on any atom is -0.492 e. The van der Waals surface area contributed by atoms with Gasteiger partial charge in [0.1, 0.15) is 53.4 Å². The largest absolute Gasteiger partial charge is 0.492 e. The molecule has 6 N–H and O–H groups in total. The summed E-state index contributed by atoms with van der Waals surface area (Å²) in [7, 11) is 2.61. The predicted octanol–water partition coefficient (Wildman–Crippen LogP) is -1.15. The van der Waals surface area contributed by atoms with Gasteiger partial charge in [0.2, 0.25) is 24.3 Å². The normalized spacial score (nSPS) is 30.9. The van der Waals surface area contributed by atoms with Crippen LogP contribution in [0.2, 0.25) is 0 Å². The highest BCUT2D eigenvalue weighted by molar-refractivity contribution is 5.91. The summed E-state index contributed by atoms with van der Waals surface area (Å²) in [4.78, 5) is 13.7. The molecule has 244 valence electrons. The van der Waals surface area contributed by atoms with E-state index >= 15 is 0 Å². The minimum atomic E-state index is -1.94. The van der Waals surface area contributed by atoms with Crippen LogP contribution in [-0.4, -0.2) is 120 Å². The lowest BCUT2D eigenvalue weighted by atomic mass is 9.99. The molecule has 0 saturated carbocycles. The molecular weight excluding hydrogens is 604 g/mol. The molecule has 1 aromatic heterocycles. The molecule has 0 amide bonds. The number of hydrogen-bond acceptors (Lipinski definition) is 16. The second kappa shape index (κ2) is 12.2. The van der Waals surface area contributed by atoms with Crippen molar-refractivity contribution in [2.75, 3.05) is 40.8 Å². The first-order chi connectivity index (χ1) is 21.6. The maximum Gasteiger partial charge on any atom is 0.231 e. The van der Waals surface area contributed by atoms with Gasteiger partial charge in [0, 0.05) is 6.07 Å². The third-order valence-corrected chi connectivity index (χ3v) is 7.95. The second-order valence-electron chi connectivity index (χ2n) is 10.7. The summed E-state index contributed by atoms with van der Waals surface area (Å²) in [5, 5.41) is 61.5. The van der Waals surface area contributed by atoms with E-state index in [2.05, 4.69) is 0 Å². The number of fused-ring (bicyclic) bond motifs is 2. The monoisotopic (exact) mass is 636 g/mol. The molecule has 16 nitrogen and oxygen atoms in total. The zero-order chi connectivity index (χ0) is 32.0. The molecule has 0 unspecified atom stereocenters. The van der Waals surface area contributed by atoms with Crippen LogP contribution in [0.25, 0.3) is 22.1 Å². The molecule has 4 heterocycles. The van der Waals surface area contributed by atoms with Crippen LogP contribution in [0.15, 0.2) is 39.7 Å². The van der Waals surface area contributed by atoms with Crippen LogP contribution in [0.1, 0.15) is 0 Å². The van der Waals surface area contributed by atoms with Crippen molar-refractivity contribution in [2.24, 2.45) is 0 Å². The van der Waals surface area contributed by atoms with Gasteiger partial charge in [0.15, 0.2) is 29.3 Å². The highest BCUT2D eigenvalue weighted by Gasteiger charge is 2.50. The summed E-state index contributed by atoms with van der Waals surface area (Å²) in [5.41, 5.74) is -1.65. The average molecular weight is 637 g/mol. The van der Waals surface area contributed by atoms with E-state index in [1.807, 2.05) is 0 Å². The Hall–Kier alpha value is -3.71. The minimum absolute atomic E-state index is 0.0293. The molecule has 2 saturated heterocycles. The zero-order valence-electron chi connectivity index (χ0n) is 24.0. The molecule has 0 aliphatic carbocycles. The van der Waals surface area contributed by atoms with E-state index in [0.717, 1.165) is 0 Å². The van der Waals surface area contributed by atoms with E-state index in [9.17, 15) is 35.4 Å². The van der Waals surface area contributed by atoms with Gasteiger partial charge < -0.3 is 73.0 Å². The van der Waals surface area contributed by atoms with Gasteiger partial charge >= 0.3 is 0 Å². The Balaban J connectivity index is 1.28. The van der Waals surface area contributed by atoms with Gasteiger partial charge in [0.05, 0.1) is 39.6 Å². The Morgan fingerprint density at radius 2 is 1.71 bits per heavy atom. The molecule has 2 aromatic carbocycles. The lowest BCUT2D eigenvalue weighted by Crippen LogP contribution is -2.60. The predicted molar refractivity (Wildman–Crippen MR) is 148 cm³/mol. The Morgan fingerprint density at radius 3 is 2.42 bits per heavy atom. The molecule has 2 fully saturated rings. The van der Waals surface area contributed by atoms with E-state index in [1.165, 1.54) is 26.5 Å². The summed E-state index contributed by atoms with van der Waals surface area (Å²) in [5.74, 6) is 0.810. The number of ether oxygens (including phenoxy) is 8. The second-order valence-corrected chi connectivity index (χ2v) is 10.7. The van der Waals surface area contributed by atoms with Crippen LogP contribution in [0.3, 0.4) is 0 Å². The van der Waals surface area contributed by atoms with Gasteiger partial charge in [0.25, 0.3) is 0 Å². The number of benzene rings is 2. The molecule has 3 aromatic rings. The lowest BCUT2D eigenvalue weighted by Gasteiger charge is -2.40. The van der Waals surface area contributed by atoms with Crippen molar-refractivity contribution >= 4 is 11.0 Å². The van der Waals surface area contributed by atoms with Crippen LogP contribution in [-0.2, 0) is 14.2 Å². The first-order valence-corrected chi connectivity index (χ1v) is 13.8. The molecule has 3 aliphatic heterocycles. The topological polar surface area (TPSA) is 225 Å². The number of hydrogen-bond donors (Lipinski definition) is 6. The standard InChI is InChI=1S/C29H32O16/c1-37-24-17(44-27-23(34)22(33)21(32)18(45-27)8-40-28-26(35)29(36,9-30)10-41-28)6-16-19(25(24)38-2)20(31)13(7-39-16)12-3-4-14-15(5-12)43-11-42-14/h3-7,18,21-23,26-28,30,32-36H,8-11H2,1-2H3/t18-,21+,22+,23+,26-,27+,28+,29-/m0/s1. The summed E-state index contributed by atoms with van der Waals surface area (Å²) >= 11 is 0. The van der Waals surface area contributed by atoms with Crippen molar-refractivity contribution < 1.29 is 73.0 Å². The molecule has 8 atom stereocenters. The van der Waals surface area contributed by atoms with E-state index in [1.54, 1.807) is 18.2 Å². The number of methoxy groups -OCH3 is 2.